The van der Waals surface area contributed by atoms with Crippen LogP contribution in [0.4, 0.5) is 11.4 Å². The van der Waals surface area contributed by atoms with E-state index in [0.29, 0.717) is 0 Å². The molecule has 0 aliphatic rings. The highest BCUT2D eigenvalue weighted by atomic mass is 15.2. The van der Waals surface area contributed by atoms with Crippen LogP contribution in [0.25, 0.3) is 11.1 Å². The van der Waals surface area contributed by atoms with Crippen LogP contribution >= 0.6 is 0 Å². The summed E-state index contributed by atoms with van der Waals surface area (Å²) in [6.45, 7) is 1.97. The number of aryl methyl sites for hydroxylation is 1. The Bertz CT molecular complexity index is 573. The summed E-state index contributed by atoms with van der Waals surface area (Å²) in [4.78, 5) is 4.43. The van der Waals surface area contributed by atoms with E-state index in [1.54, 1.807) is 0 Å². The topological polar surface area (TPSA) is 50.3 Å². The van der Waals surface area contributed by atoms with Gasteiger partial charge in [-0.05, 0) is 32.3 Å². The third-order valence-electron chi connectivity index (χ3n) is 3.33. The Kier molecular flexibility index (Phi) is 4.29. The second-order valence-corrected chi connectivity index (χ2v) is 5.40. The highest BCUT2D eigenvalue weighted by Crippen LogP contribution is 2.31. The summed E-state index contributed by atoms with van der Waals surface area (Å²) in [5.41, 5.74) is 10.1. The molecule has 0 radical (unpaired) electrons. The van der Waals surface area contributed by atoms with Gasteiger partial charge in [0.2, 0.25) is 0 Å². The third kappa shape index (κ3) is 3.30. The molecule has 2 rings (SSSR count). The van der Waals surface area contributed by atoms with Crippen molar-refractivity contribution in [2.45, 2.75) is 0 Å². The Hall–Kier alpha value is -2.01. The molecule has 1 aromatic carbocycles. The van der Waals surface area contributed by atoms with E-state index < -0.39 is 0 Å². The fourth-order valence-corrected chi connectivity index (χ4v) is 2.15. The number of nitrogen functional groups attached to an aromatic ring is 1. The van der Waals surface area contributed by atoms with Crippen molar-refractivity contribution in [3.63, 3.8) is 0 Å². The van der Waals surface area contributed by atoms with E-state index in [0.717, 1.165) is 29.9 Å². The van der Waals surface area contributed by atoms with Crippen LogP contribution in [0, 0.1) is 0 Å². The second kappa shape index (κ2) is 5.96. The van der Waals surface area contributed by atoms with Crippen LogP contribution in [-0.4, -0.2) is 48.9 Å². The molecule has 2 N–H and O–H groups in total. The highest BCUT2D eigenvalue weighted by molar-refractivity contribution is 5.80. The number of likely N-dealkylation sites (N-methyl/N-ethyl adjacent to an activating group) is 2. The van der Waals surface area contributed by atoms with Crippen molar-refractivity contribution in [1.29, 1.82) is 0 Å². The van der Waals surface area contributed by atoms with Crippen molar-refractivity contribution in [2.24, 2.45) is 7.05 Å². The lowest BCUT2D eigenvalue weighted by Crippen LogP contribution is -2.28. The molecular formula is C15H23N5. The van der Waals surface area contributed by atoms with Crippen LogP contribution in [0.1, 0.15) is 0 Å². The minimum absolute atomic E-state index is 0.772. The molecule has 0 aliphatic heterocycles. The quantitative estimate of drug-likeness (QED) is 0.842. The first kappa shape index (κ1) is 14.4. The molecule has 1 heterocycles. The van der Waals surface area contributed by atoms with Gasteiger partial charge in [0.25, 0.3) is 0 Å². The van der Waals surface area contributed by atoms with Gasteiger partial charge in [-0.3, -0.25) is 4.68 Å². The van der Waals surface area contributed by atoms with Crippen LogP contribution < -0.4 is 10.6 Å². The normalized spacial score (nSPS) is 11.1. The smallest absolute Gasteiger partial charge is 0.0568 e. The van der Waals surface area contributed by atoms with Gasteiger partial charge in [0, 0.05) is 55.9 Å². The predicted molar refractivity (Wildman–Crippen MR) is 84.9 cm³/mol. The minimum atomic E-state index is 0.772. The zero-order valence-corrected chi connectivity index (χ0v) is 12.7. The van der Waals surface area contributed by atoms with Crippen molar-refractivity contribution in [1.82, 2.24) is 14.7 Å². The number of anilines is 2. The predicted octanol–water partition coefficient (Wildman–Crippen LogP) is 1.67. The Morgan fingerprint density at radius 1 is 1.20 bits per heavy atom. The fraction of sp³-hybridized carbons (Fsp3) is 0.400. The summed E-state index contributed by atoms with van der Waals surface area (Å²) in [7, 11) is 8.19. The molecule has 2 aromatic rings. The summed E-state index contributed by atoms with van der Waals surface area (Å²) in [6.07, 6.45) is 3.89. The van der Waals surface area contributed by atoms with E-state index in [1.807, 2.05) is 36.3 Å². The monoisotopic (exact) mass is 273 g/mol. The standard InChI is InChI=1S/C15H23N5/c1-18(2)7-8-19(3)15-6-5-13(16)9-14(15)12-10-17-20(4)11-12/h5-6,9-11H,7-8,16H2,1-4H3. The number of benzene rings is 1. The number of nitrogens with zero attached hydrogens (tertiary/aromatic N) is 4. The van der Waals surface area contributed by atoms with E-state index in [1.165, 1.54) is 5.69 Å². The molecule has 0 bridgehead atoms. The van der Waals surface area contributed by atoms with Gasteiger partial charge >= 0.3 is 0 Å². The lowest BCUT2D eigenvalue weighted by atomic mass is 10.1. The van der Waals surface area contributed by atoms with E-state index in [-0.39, 0.29) is 0 Å². The molecule has 0 spiro atoms. The fourth-order valence-electron chi connectivity index (χ4n) is 2.15. The molecule has 5 nitrogen and oxygen atoms in total. The van der Waals surface area contributed by atoms with Crippen molar-refractivity contribution in [2.75, 3.05) is 44.9 Å². The Balaban J connectivity index is 2.33. The van der Waals surface area contributed by atoms with E-state index in [4.69, 9.17) is 5.73 Å². The minimum Gasteiger partial charge on any atom is -0.399 e. The van der Waals surface area contributed by atoms with Crippen molar-refractivity contribution in [3.8, 4) is 11.1 Å². The number of hydrogen-bond donors (Lipinski definition) is 1. The molecule has 0 saturated heterocycles. The van der Waals surface area contributed by atoms with Crippen LogP contribution in [0.3, 0.4) is 0 Å². The van der Waals surface area contributed by atoms with E-state index in [9.17, 15) is 0 Å². The summed E-state index contributed by atoms with van der Waals surface area (Å²) < 4.78 is 1.81. The Morgan fingerprint density at radius 3 is 2.55 bits per heavy atom. The van der Waals surface area contributed by atoms with Crippen molar-refractivity contribution < 1.29 is 0 Å². The molecular weight excluding hydrogens is 250 g/mol. The zero-order valence-electron chi connectivity index (χ0n) is 12.7. The molecule has 0 unspecified atom stereocenters. The summed E-state index contributed by atoms with van der Waals surface area (Å²) in [5.74, 6) is 0. The van der Waals surface area contributed by atoms with Crippen LogP contribution in [0.15, 0.2) is 30.6 Å². The van der Waals surface area contributed by atoms with Crippen molar-refractivity contribution in [3.05, 3.63) is 30.6 Å². The molecule has 5 heteroatoms. The third-order valence-corrected chi connectivity index (χ3v) is 3.33. The zero-order chi connectivity index (χ0) is 14.7. The van der Waals surface area contributed by atoms with Gasteiger partial charge in [-0.2, -0.15) is 5.10 Å². The summed E-state index contributed by atoms with van der Waals surface area (Å²) >= 11 is 0. The first-order valence-electron chi connectivity index (χ1n) is 6.72. The lowest BCUT2D eigenvalue weighted by Gasteiger charge is -2.24. The SMILES string of the molecule is CN(C)CCN(C)c1ccc(N)cc1-c1cnn(C)c1. The highest BCUT2D eigenvalue weighted by Gasteiger charge is 2.11. The van der Waals surface area contributed by atoms with Gasteiger partial charge in [0.15, 0.2) is 0 Å². The summed E-state index contributed by atoms with van der Waals surface area (Å²) in [6, 6.07) is 6.03. The second-order valence-electron chi connectivity index (χ2n) is 5.40. The van der Waals surface area contributed by atoms with Crippen LogP contribution in [-0.2, 0) is 7.05 Å². The lowest BCUT2D eigenvalue weighted by molar-refractivity contribution is 0.416. The van der Waals surface area contributed by atoms with Gasteiger partial charge in [-0.25, -0.2) is 0 Å². The first-order chi connectivity index (χ1) is 9.47. The molecule has 0 amide bonds. The average Bonchev–Trinajstić information content (AvgIpc) is 2.82. The van der Waals surface area contributed by atoms with Gasteiger partial charge in [0.05, 0.1) is 6.20 Å². The molecule has 1 aromatic heterocycles. The number of hydrogen-bond acceptors (Lipinski definition) is 4. The van der Waals surface area contributed by atoms with Gasteiger partial charge in [-0.1, -0.05) is 0 Å². The maximum atomic E-state index is 5.94. The van der Waals surface area contributed by atoms with Crippen molar-refractivity contribution >= 4 is 11.4 Å². The first-order valence-corrected chi connectivity index (χ1v) is 6.72. The van der Waals surface area contributed by atoms with Gasteiger partial charge in [0.1, 0.15) is 0 Å². The van der Waals surface area contributed by atoms with E-state index in [2.05, 4.69) is 42.1 Å². The molecule has 0 atom stereocenters. The largest absolute Gasteiger partial charge is 0.399 e. The maximum absolute atomic E-state index is 5.94. The Labute approximate surface area is 120 Å². The molecule has 20 heavy (non-hydrogen) atoms. The number of nitrogens with two attached hydrogens (primary N) is 1. The van der Waals surface area contributed by atoms with Crippen LogP contribution in [0.2, 0.25) is 0 Å². The number of rotatable bonds is 5. The molecule has 0 aliphatic carbocycles. The van der Waals surface area contributed by atoms with Gasteiger partial charge < -0.3 is 15.5 Å². The molecule has 108 valence electrons. The molecule has 0 fully saturated rings. The summed E-state index contributed by atoms with van der Waals surface area (Å²) in [5, 5.41) is 4.25. The Morgan fingerprint density at radius 2 is 1.95 bits per heavy atom. The average molecular weight is 273 g/mol. The number of aromatic nitrogens is 2. The van der Waals surface area contributed by atoms with Crippen LogP contribution in [0.5, 0.6) is 0 Å². The van der Waals surface area contributed by atoms with Gasteiger partial charge in [-0.15, -0.1) is 0 Å². The van der Waals surface area contributed by atoms with E-state index >= 15 is 0 Å². The maximum Gasteiger partial charge on any atom is 0.0568 e. The molecule has 0 saturated carbocycles.